The lowest BCUT2D eigenvalue weighted by Crippen LogP contribution is -2.35. The third-order valence-electron chi connectivity index (χ3n) is 5.80. The number of hydrogen-bond donors (Lipinski definition) is 0. The van der Waals surface area contributed by atoms with Gasteiger partial charge in [0.05, 0.1) is 19.6 Å². The van der Waals surface area contributed by atoms with Crippen LogP contribution in [-0.4, -0.2) is 40.7 Å². The monoisotopic (exact) mass is 443 g/mol. The molecule has 0 amide bonds. The van der Waals surface area contributed by atoms with Gasteiger partial charge in [0, 0.05) is 10.9 Å². The van der Waals surface area contributed by atoms with E-state index in [1.54, 1.807) is 23.5 Å². The molecule has 1 aliphatic heterocycles. The molecule has 164 valence electrons. The van der Waals surface area contributed by atoms with E-state index in [9.17, 15) is 9.18 Å². The number of likely N-dealkylation sites (tertiary alicyclic amines) is 1. The van der Waals surface area contributed by atoms with Crippen LogP contribution in [-0.2, 0) is 16.1 Å². The normalized spacial score (nSPS) is 16.3. The van der Waals surface area contributed by atoms with Gasteiger partial charge >= 0.3 is 5.97 Å². The first-order valence-electron chi connectivity index (χ1n) is 10.6. The number of halogens is 1. The van der Waals surface area contributed by atoms with E-state index in [1.807, 2.05) is 23.8 Å². The van der Waals surface area contributed by atoms with Gasteiger partial charge in [0.2, 0.25) is 11.7 Å². The lowest BCUT2D eigenvalue weighted by Gasteiger charge is -2.35. The molecule has 0 saturated carbocycles. The first-order valence-corrected chi connectivity index (χ1v) is 11.5. The third-order valence-corrected chi connectivity index (χ3v) is 6.48. The van der Waals surface area contributed by atoms with Gasteiger partial charge in [0.25, 0.3) is 0 Å². The molecule has 0 unspecified atom stereocenters. The average molecular weight is 444 g/mol. The molecule has 0 radical (unpaired) electrons. The van der Waals surface area contributed by atoms with Crippen molar-refractivity contribution in [3.05, 3.63) is 58.4 Å². The van der Waals surface area contributed by atoms with Crippen LogP contribution < -0.4 is 0 Å². The van der Waals surface area contributed by atoms with E-state index < -0.39 is 0 Å². The van der Waals surface area contributed by atoms with Gasteiger partial charge in [-0.2, -0.15) is 16.3 Å². The average Bonchev–Trinajstić information content (AvgIpc) is 3.46. The van der Waals surface area contributed by atoms with Crippen LogP contribution in [0, 0.1) is 11.7 Å². The second-order valence-electron chi connectivity index (χ2n) is 7.80. The SMILES string of the molecule is CCOC(=O)C[C@@H](c1ccc(F)cc1)C1CCN(Cc2nc(-c3ccsc3)no2)CC1. The zero-order valence-corrected chi connectivity index (χ0v) is 18.3. The van der Waals surface area contributed by atoms with E-state index in [1.165, 1.54) is 12.1 Å². The summed E-state index contributed by atoms with van der Waals surface area (Å²) in [4.78, 5) is 19.0. The van der Waals surface area contributed by atoms with Crippen LogP contribution in [0.2, 0.25) is 0 Å². The molecule has 6 nitrogen and oxygen atoms in total. The Balaban J connectivity index is 1.37. The summed E-state index contributed by atoms with van der Waals surface area (Å²) >= 11 is 1.60. The molecule has 0 N–H and O–H groups in total. The number of hydrogen-bond acceptors (Lipinski definition) is 7. The van der Waals surface area contributed by atoms with Crippen molar-refractivity contribution in [2.45, 2.75) is 38.6 Å². The standard InChI is InChI=1S/C23H26FN3O3S/c1-2-29-22(28)13-20(16-3-5-19(24)6-4-16)17-7-10-27(11-8-17)14-21-25-23(26-30-21)18-9-12-31-15-18/h3-6,9,12,15,17,20H,2,7-8,10-11,13-14H2,1H3/t20-/m0/s1. The number of rotatable bonds is 8. The fourth-order valence-corrected chi connectivity index (χ4v) is 4.83. The van der Waals surface area contributed by atoms with Gasteiger partial charge in [0.1, 0.15) is 5.82 Å². The number of benzene rings is 1. The Labute approximate surface area is 185 Å². The number of nitrogens with zero attached hydrogens (tertiary/aromatic N) is 3. The lowest BCUT2D eigenvalue weighted by molar-refractivity contribution is -0.144. The van der Waals surface area contributed by atoms with Crippen LogP contribution in [0.25, 0.3) is 11.4 Å². The molecule has 3 heterocycles. The van der Waals surface area contributed by atoms with E-state index >= 15 is 0 Å². The second-order valence-corrected chi connectivity index (χ2v) is 8.58. The van der Waals surface area contributed by atoms with Gasteiger partial charge in [0.15, 0.2) is 0 Å². The largest absolute Gasteiger partial charge is 0.466 e. The van der Waals surface area contributed by atoms with E-state index in [-0.39, 0.29) is 17.7 Å². The van der Waals surface area contributed by atoms with E-state index in [4.69, 9.17) is 9.26 Å². The fourth-order valence-electron chi connectivity index (χ4n) is 4.20. The molecule has 0 bridgehead atoms. The molecule has 2 aromatic heterocycles. The van der Waals surface area contributed by atoms with Crippen LogP contribution >= 0.6 is 11.3 Å². The summed E-state index contributed by atoms with van der Waals surface area (Å²) in [5.74, 6) is 1.12. The van der Waals surface area contributed by atoms with Crippen molar-refractivity contribution in [2.24, 2.45) is 5.92 Å². The number of aromatic nitrogens is 2. The highest BCUT2D eigenvalue weighted by Crippen LogP contribution is 2.36. The van der Waals surface area contributed by atoms with Gasteiger partial charge in [-0.05, 0) is 73.8 Å². The van der Waals surface area contributed by atoms with E-state index in [2.05, 4.69) is 15.0 Å². The van der Waals surface area contributed by atoms with Crippen molar-refractivity contribution in [2.75, 3.05) is 19.7 Å². The topological polar surface area (TPSA) is 68.5 Å². The first-order chi connectivity index (χ1) is 15.1. The maximum absolute atomic E-state index is 13.4. The van der Waals surface area contributed by atoms with Gasteiger partial charge in [-0.3, -0.25) is 9.69 Å². The molecule has 1 atom stereocenters. The van der Waals surface area contributed by atoms with Crippen LogP contribution in [0.4, 0.5) is 4.39 Å². The second kappa shape index (κ2) is 10.2. The Morgan fingerprint density at radius 3 is 2.74 bits per heavy atom. The number of ether oxygens (including phenoxy) is 1. The molecule has 1 aromatic carbocycles. The number of esters is 1. The summed E-state index contributed by atoms with van der Waals surface area (Å²) < 4.78 is 24.0. The van der Waals surface area contributed by atoms with Crippen LogP contribution in [0.3, 0.4) is 0 Å². The summed E-state index contributed by atoms with van der Waals surface area (Å²) in [7, 11) is 0. The highest BCUT2D eigenvalue weighted by Gasteiger charge is 2.30. The molecule has 0 spiro atoms. The number of thiophene rings is 1. The minimum atomic E-state index is -0.269. The predicted octanol–water partition coefficient (Wildman–Crippen LogP) is 4.89. The smallest absolute Gasteiger partial charge is 0.306 e. The van der Waals surface area contributed by atoms with Gasteiger partial charge in [-0.1, -0.05) is 17.3 Å². The van der Waals surface area contributed by atoms with Gasteiger partial charge in [-0.15, -0.1) is 0 Å². The van der Waals surface area contributed by atoms with Gasteiger partial charge < -0.3 is 9.26 Å². The number of piperidine rings is 1. The Morgan fingerprint density at radius 2 is 2.06 bits per heavy atom. The minimum Gasteiger partial charge on any atom is -0.466 e. The predicted molar refractivity (Wildman–Crippen MR) is 116 cm³/mol. The molecule has 1 fully saturated rings. The fraction of sp³-hybridized carbons (Fsp3) is 0.435. The van der Waals surface area contributed by atoms with Crippen molar-refractivity contribution in [1.82, 2.24) is 15.0 Å². The zero-order chi connectivity index (χ0) is 21.6. The molecule has 31 heavy (non-hydrogen) atoms. The first kappa shape index (κ1) is 21.6. The third kappa shape index (κ3) is 5.57. The van der Waals surface area contributed by atoms with Crippen molar-refractivity contribution in [3.63, 3.8) is 0 Å². The van der Waals surface area contributed by atoms with Crippen molar-refractivity contribution >= 4 is 17.3 Å². The summed E-state index contributed by atoms with van der Waals surface area (Å²) in [5.41, 5.74) is 1.96. The summed E-state index contributed by atoms with van der Waals surface area (Å²) in [5, 5.41) is 8.07. The van der Waals surface area contributed by atoms with Crippen LogP contribution in [0.15, 0.2) is 45.6 Å². The van der Waals surface area contributed by atoms with E-state index in [0.29, 0.717) is 37.2 Å². The highest BCUT2D eigenvalue weighted by molar-refractivity contribution is 7.08. The Hall–Kier alpha value is -2.58. The number of carbonyl (C=O) groups is 1. The van der Waals surface area contributed by atoms with E-state index in [0.717, 1.165) is 37.1 Å². The summed E-state index contributed by atoms with van der Waals surface area (Å²) in [6.45, 7) is 4.54. The summed E-state index contributed by atoms with van der Waals surface area (Å²) in [6.07, 6.45) is 2.19. The van der Waals surface area contributed by atoms with Crippen LogP contribution in [0.5, 0.6) is 0 Å². The Kier molecular flexibility index (Phi) is 7.09. The quantitative estimate of drug-likeness (QED) is 0.462. The lowest BCUT2D eigenvalue weighted by atomic mass is 9.78. The highest BCUT2D eigenvalue weighted by atomic mass is 32.1. The van der Waals surface area contributed by atoms with Gasteiger partial charge in [-0.25, -0.2) is 4.39 Å². The van der Waals surface area contributed by atoms with Crippen LogP contribution in [0.1, 0.15) is 43.6 Å². The maximum Gasteiger partial charge on any atom is 0.306 e. The molecular weight excluding hydrogens is 417 g/mol. The zero-order valence-electron chi connectivity index (χ0n) is 17.5. The molecule has 3 aromatic rings. The number of carbonyl (C=O) groups excluding carboxylic acids is 1. The summed E-state index contributed by atoms with van der Waals surface area (Å²) in [6, 6.07) is 8.47. The molecule has 8 heteroatoms. The Morgan fingerprint density at radius 1 is 1.29 bits per heavy atom. The molecular formula is C23H26FN3O3S. The molecule has 1 aliphatic rings. The molecule has 1 saturated heterocycles. The minimum absolute atomic E-state index is 0.0235. The molecule has 0 aliphatic carbocycles. The van der Waals surface area contributed by atoms with Crippen molar-refractivity contribution < 1.29 is 18.4 Å². The molecule has 4 rings (SSSR count). The Bertz CT molecular complexity index is 966. The van der Waals surface area contributed by atoms with Crippen molar-refractivity contribution in [3.8, 4) is 11.4 Å². The maximum atomic E-state index is 13.4. The van der Waals surface area contributed by atoms with Crippen molar-refractivity contribution in [1.29, 1.82) is 0 Å².